The van der Waals surface area contributed by atoms with E-state index in [9.17, 15) is 0 Å². The molecule has 0 amide bonds. The van der Waals surface area contributed by atoms with Crippen molar-refractivity contribution in [3.63, 3.8) is 0 Å². The van der Waals surface area contributed by atoms with E-state index in [0.717, 1.165) is 0 Å². The molecule has 0 atom stereocenters. The summed E-state index contributed by atoms with van der Waals surface area (Å²) in [7, 11) is 0. The van der Waals surface area contributed by atoms with Gasteiger partial charge in [-0.1, -0.05) is 11.6 Å². The van der Waals surface area contributed by atoms with Gasteiger partial charge in [0.1, 0.15) is 0 Å². The van der Waals surface area contributed by atoms with Crippen LogP contribution < -0.4 is 10.2 Å². The normalized spacial score (nSPS) is 35.2. The molecule has 0 radical (unpaired) electrons. The summed E-state index contributed by atoms with van der Waals surface area (Å²) in [5, 5.41) is 2.52. The van der Waals surface area contributed by atoms with Crippen molar-refractivity contribution in [2.24, 2.45) is 0 Å². The van der Waals surface area contributed by atoms with Crippen molar-refractivity contribution in [3.05, 3.63) is 35.5 Å². The van der Waals surface area contributed by atoms with Crippen LogP contribution in [-0.4, -0.2) is 31.0 Å². The molecule has 1 aliphatic heterocycles. The minimum absolute atomic E-state index is 0.0223. The highest BCUT2D eigenvalue weighted by Crippen LogP contribution is 2.27. The molecule has 0 saturated carbocycles. The van der Waals surface area contributed by atoms with Gasteiger partial charge in [-0.15, -0.1) is 0 Å². The van der Waals surface area contributed by atoms with E-state index in [1.165, 1.54) is 30.5 Å². The molecule has 17 heavy (non-hydrogen) atoms. The molecule has 88 valence electrons. The van der Waals surface area contributed by atoms with Gasteiger partial charge >= 0.3 is 0 Å². The molecule has 3 rings (SSSR count). The number of fused-ring (bicyclic) bond motifs is 1. The van der Waals surface area contributed by atoms with Crippen molar-refractivity contribution in [1.82, 2.24) is 10.3 Å². The third-order valence-corrected chi connectivity index (χ3v) is 2.62. The molecule has 2 aromatic rings. The zero-order valence-electron chi connectivity index (χ0n) is 16.7. The zero-order chi connectivity index (χ0) is 18.8. The highest BCUT2D eigenvalue weighted by molar-refractivity contribution is 6.31. The number of benzene rings is 1. The summed E-state index contributed by atoms with van der Waals surface area (Å²) in [6.07, 6.45) is 1.31. The lowest BCUT2D eigenvalue weighted by Gasteiger charge is -2.30. The van der Waals surface area contributed by atoms with Crippen LogP contribution in [-0.2, 0) is 0 Å². The summed E-state index contributed by atoms with van der Waals surface area (Å²) in [5.74, 6) is 0. The molecule has 4 heteroatoms. The molecule has 1 saturated heterocycles. The molecule has 0 spiro atoms. The van der Waals surface area contributed by atoms with Crippen LogP contribution in [0.25, 0.3) is 10.9 Å². The van der Waals surface area contributed by atoms with Gasteiger partial charge in [-0.25, -0.2) is 0 Å². The molecule has 1 aliphatic rings. The van der Waals surface area contributed by atoms with Crippen LogP contribution in [0, 0.1) is 0 Å². The van der Waals surface area contributed by atoms with Gasteiger partial charge in [0, 0.05) is 53.8 Å². The lowest BCUT2D eigenvalue weighted by atomic mass is 10.1. The van der Waals surface area contributed by atoms with E-state index in [1.807, 2.05) is 5.32 Å². The third-order valence-electron chi connectivity index (χ3n) is 2.38. The maximum absolute atomic E-state index is 8.18. The van der Waals surface area contributed by atoms with Crippen molar-refractivity contribution in [1.29, 1.82) is 0 Å². The molecule has 1 aromatic heterocycles. The quantitative estimate of drug-likeness (QED) is 0.848. The molecule has 1 N–H and O–H groups in total. The van der Waals surface area contributed by atoms with Gasteiger partial charge in [-0.05, 0) is 24.3 Å². The van der Waals surface area contributed by atoms with Crippen LogP contribution in [0.15, 0.2) is 30.5 Å². The minimum atomic E-state index is -2.89. The largest absolute Gasteiger partial charge is 0.368 e. The summed E-state index contributed by atoms with van der Waals surface area (Å²) in [6, 6.07) is 5.87. The van der Waals surface area contributed by atoms with Gasteiger partial charge < -0.3 is 10.2 Å². The van der Waals surface area contributed by atoms with Crippen molar-refractivity contribution in [2.45, 2.75) is 0 Å². The predicted octanol–water partition coefficient (Wildman–Crippen LogP) is 2.30. The Labute approximate surface area is 117 Å². The number of anilines is 1. The molecule has 0 aliphatic carbocycles. The Morgan fingerprint density at radius 3 is 2.94 bits per heavy atom. The zero-order valence-corrected chi connectivity index (χ0v) is 9.42. The monoisotopic (exact) mass is 255 g/mol. The Bertz CT molecular complexity index is 815. The highest BCUT2D eigenvalue weighted by Gasteiger charge is 2.13. The Morgan fingerprint density at radius 1 is 1.29 bits per heavy atom. The Hall–Kier alpha value is -1.32. The second kappa shape index (κ2) is 4.51. The lowest BCUT2D eigenvalue weighted by molar-refractivity contribution is 0.590. The molecule has 0 unspecified atom stereocenters. The van der Waals surface area contributed by atoms with Crippen LogP contribution in [0.1, 0.15) is 11.0 Å². The van der Waals surface area contributed by atoms with E-state index < -0.39 is 26.0 Å². The van der Waals surface area contributed by atoms with Gasteiger partial charge in [0.15, 0.2) is 0 Å². The first kappa shape index (κ1) is 5.12. The van der Waals surface area contributed by atoms with E-state index in [0.29, 0.717) is 20.8 Å². The van der Waals surface area contributed by atoms with Gasteiger partial charge in [0.25, 0.3) is 0 Å². The van der Waals surface area contributed by atoms with E-state index in [1.54, 1.807) is 0 Å². The fourth-order valence-corrected chi connectivity index (χ4v) is 1.81. The van der Waals surface area contributed by atoms with Crippen LogP contribution >= 0.6 is 11.6 Å². The SMILES string of the molecule is [2H]C1([2H])NC([2H])([2H])C([2H])([2H])N(c2ccnc3cc(Cl)ccc23)C1([2H])[2H]. The molecule has 1 aromatic carbocycles. The molecular formula is C13H14ClN3. The van der Waals surface area contributed by atoms with E-state index in [2.05, 4.69) is 4.98 Å². The molecular weight excluding hydrogens is 234 g/mol. The first-order valence-corrected chi connectivity index (χ1v) is 5.33. The van der Waals surface area contributed by atoms with Gasteiger partial charge in [0.2, 0.25) is 0 Å². The number of aromatic nitrogens is 1. The average molecular weight is 256 g/mol. The summed E-state index contributed by atoms with van der Waals surface area (Å²) >= 11 is 5.93. The van der Waals surface area contributed by atoms with Crippen LogP contribution in [0.2, 0.25) is 5.02 Å². The van der Waals surface area contributed by atoms with Crippen molar-refractivity contribution >= 4 is 28.2 Å². The molecule has 0 bridgehead atoms. The van der Waals surface area contributed by atoms with Gasteiger partial charge in [0.05, 0.1) is 11.0 Å². The topological polar surface area (TPSA) is 28.2 Å². The minimum Gasteiger partial charge on any atom is -0.368 e. The number of nitrogens with one attached hydrogen (secondary N) is 1. The van der Waals surface area contributed by atoms with Crippen LogP contribution in [0.4, 0.5) is 5.69 Å². The number of hydrogen-bond acceptors (Lipinski definition) is 3. The molecule has 3 nitrogen and oxygen atoms in total. The number of pyridine rings is 1. The predicted molar refractivity (Wildman–Crippen MR) is 71.8 cm³/mol. The van der Waals surface area contributed by atoms with Gasteiger partial charge in [-0.2, -0.15) is 0 Å². The fraction of sp³-hybridized carbons (Fsp3) is 0.308. The first-order chi connectivity index (χ1) is 11.3. The van der Waals surface area contributed by atoms with E-state index >= 15 is 0 Å². The number of rotatable bonds is 1. The number of piperazine rings is 1. The number of nitrogens with zero attached hydrogens (tertiary/aromatic N) is 2. The average Bonchev–Trinajstić information content (AvgIpc) is 2.44. The maximum Gasteiger partial charge on any atom is 0.0737 e. The van der Waals surface area contributed by atoms with E-state index in [-0.39, 0.29) is 5.69 Å². The third kappa shape index (κ3) is 2.08. The standard InChI is InChI=1S/C13H14ClN3/c14-10-1-2-11-12(9-10)16-4-3-13(11)17-7-5-15-6-8-17/h1-4,9,15H,5-8H2/i5D2,6D2,7D2,8D2. The summed E-state index contributed by atoms with van der Waals surface area (Å²) < 4.78 is 64.2. The number of halogens is 1. The van der Waals surface area contributed by atoms with Crippen molar-refractivity contribution < 1.29 is 11.0 Å². The summed E-state index contributed by atoms with van der Waals surface area (Å²) in [5.41, 5.74) is 0.335. The Morgan fingerprint density at radius 2 is 2.12 bits per heavy atom. The van der Waals surface area contributed by atoms with Crippen molar-refractivity contribution in [2.75, 3.05) is 30.9 Å². The Balaban J connectivity index is 2.33. The first-order valence-electron chi connectivity index (χ1n) is 8.95. The molecule has 2 heterocycles. The summed E-state index contributed by atoms with van der Waals surface area (Å²) in [6.45, 7) is -11.5. The second-order valence-corrected chi connectivity index (χ2v) is 3.86. The smallest absolute Gasteiger partial charge is 0.0737 e. The van der Waals surface area contributed by atoms with Crippen LogP contribution in [0.3, 0.4) is 0 Å². The summed E-state index contributed by atoms with van der Waals surface area (Å²) in [4.78, 5) is 4.60. The lowest BCUT2D eigenvalue weighted by Crippen LogP contribution is -2.43. The fourth-order valence-electron chi connectivity index (χ4n) is 1.65. The highest BCUT2D eigenvalue weighted by atomic mass is 35.5. The molecule has 1 fully saturated rings. The van der Waals surface area contributed by atoms with Crippen molar-refractivity contribution in [3.8, 4) is 0 Å². The van der Waals surface area contributed by atoms with E-state index in [4.69, 9.17) is 22.6 Å². The Kier molecular flexibility index (Phi) is 1.36. The number of hydrogen-bond donors (Lipinski definition) is 1. The second-order valence-electron chi connectivity index (χ2n) is 3.43. The maximum atomic E-state index is 8.18. The van der Waals surface area contributed by atoms with Crippen LogP contribution in [0.5, 0.6) is 0 Å². The van der Waals surface area contributed by atoms with Gasteiger partial charge in [-0.3, -0.25) is 4.98 Å².